The van der Waals surface area contributed by atoms with Crippen LogP contribution in [0.5, 0.6) is 0 Å². The Morgan fingerprint density at radius 1 is 1.21 bits per heavy atom. The van der Waals surface area contributed by atoms with Crippen molar-refractivity contribution in [1.82, 2.24) is 9.80 Å². The monoisotopic (exact) mass is 400 g/mol. The predicted octanol–water partition coefficient (Wildman–Crippen LogP) is 3.95. The number of aryl methyl sites for hydroxylation is 1. The molecule has 1 aromatic carbocycles. The minimum absolute atomic E-state index is 0.135. The van der Waals surface area contributed by atoms with Gasteiger partial charge in [0.15, 0.2) is 0 Å². The SMILES string of the molecule is CCCC(C)c1cc(C)c(C(=O)N2CCN(Cc3cccc(F)c3)CC2)c(=O)o1. The normalized spacial score (nSPS) is 16.1. The van der Waals surface area contributed by atoms with Crippen LogP contribution in [0.4, 0.5) is 4.39 Å². The summed E-state index contributed by atoms with van der Waals surface area (Å²) in [7, 11) is 0. The second-order valence-electron chi connectivity index (χ2n) is 7.88. The van der Waals surface area contributed by atoms with Gasteiger partial charge in [0.05, 0.1) is 0 Å². The van der Waals surface area contributed by atoms with Crippen molar-refractivity contribution < 1.29 is 13.6 Å². The summed E-state index contributed by atoms with van der Waals surface area (Å²) in [6, 6.07) is 8.40. The van der Waals surface area contributed by atoms with E-state index in [9.17, 15) is 14.0 Å². The van der Waals surface area contributed by atoms with E-state index in [1.165, 1.54) is 12.1 Å². The zero-order valence-corrected chi connectivity index (χ0v) is 17.4. The lowest BCUT2D eigenvalue weighted by molar-refractivity contribution is 0.0622. The lowest BCUT2D eigenvalue weighted by atomic mass is 10.00. The average Bonchev–Trinajstić information content (AvgIpc) is 2.68. The fourth-order valence-electron chi connectivity index (χ4n) is 3.87. The Hall–Kier alpha value is -2.47. The molecule has 1 fully saturated rings. The molecule has 156 valence electrons. The summed E-state index contributed by atoms with van der Waals surface area (Å²) in [4.78, 5) is 29.4. The number of amides is 1. The van der Waals surface area contributed by atoms with Crippen LogP contribution in [0, 0.1) is 12.7 Å². The van der Waals surface area contributed by atoms with Crippen molar-refractivity contribution in [2.45, 2.75) is 46.1 Å². The zero-order valence-electron chi connectivity index (χ0n) is 17.4. The summed E-state index contributed by atoms with van der Waals surface area (Å²) < 4.78 is 18.8. The van der Waals surface area contributed by atoms with Gasteiger partial charge >= 0.3 is 5.63 Å². The van der Waals surface area contributed by atoms with Crippen LogP contribution in [-0.2, 0) is 6.54 Å². The highest BCUT2D eigenvalue weighted by atomic mass is 19.1. The molecule has 3 rings (SSSR count). The van der Waals surface area contributed by atoms with E-state index in [4.69, 9.17) is 4.42 Å². The summed E-state index contributed by atoms with van der Waals surface area (Å²) in [5.41, 5.74) is 1.18. The second-order valence-corrected chi connectivity index (χ2v) is 7.88. The Balaban J connectivity index is 1.65. The third-order valence-electron chi connectivity index (χ3n) is 5.54. The molecule has 1 atom stereocenters. The first-order valence-corrected chi connectivity index (χ1v) is 10.3. The van der Waals surface area contributed by atoms with Gasteiger partial charge in [-0.25, -0.2) is 9.18 Å². The largest absolute Gasteiger partial charge is 0.427 e. The third-order valence-corrected chi connectivity index (χ3v) is 5.54. The van der Waals surface area contributed by atoms with Gasteiger partial charge in [-0.05, 0) is 42.7 Å². The van der Waals surface area contributed by atoms with Gasteiger partial charge in [0.25, 0.3) is 5.91 Å². The maximum atomic E-state index is 13.4. The maximum absolute atomic E-state index is 13.4. The van der Waals surface area contributed by atoms with E-state index in [-0.39, 0.29) is 23.2 Å². The van der Waals surface area contributed by atoms with Crippen LogP contribution in [0.15, 0.2) is 39.5 Å². The first kappa shape index (κ1) is 21.2. The average molecular weight is 400 g/mol. The number of rotatable bonds is 6. The van der Waals surface area contributed by atoms with E-state index >= 15 is 0 Å². The summed E-state index contributed by atoms with van der Waals surface area (Å²) >= 11 is 0. The van der Waals surface area contributed by atoms with Crippen LogP contribution < -0.4 is 5.63 Å². The molecule has 1 aliphatic rings. The van der Waals surface area contributed by atoms with Crippen molar-refractivity contribution in [1.29, 1.82) is 0 Å². The smallest absolute Gasteiger partial charge is 0.349 e. The Morgan fingerprint density at radius 3 is 2.55 bits per heavy atom. The Kier molecular flexibility index (Phi) is 6.85. The lowest BCUT2D eigenvalue weighted by Crippen LogP contribution is -2.49. The van der Waals surface area contributed by atoms with Gasteiger partial charge in [0.1, 0.15) is 17.1 Å². The number of carbonyl (C=O) groups excluding carboxylic acids is 1. The quantitative estimate of drug-likeness (QED) is 0.737. The Labute approximate surface area is 171 Å². The van der Waals surface area contributed by atoms with E-state index in [1.807, 2.05) is 19.1 Å². The molecule has 1 aliphatic heterocycles. The van der Waals surface area contributed by atoms with Crippen LogP contribution >= 0.6 is 0 Å². The van der Waals surface area contributed by atoms with E-state index in [2.05, 4.69) is 11.8 Å². The Morgan fingerprint density at radius 2 is 1.93 bits per heavy atom. The summed E-state index contributed by atoms with van der Waals surface area (Å²) in [5.74, 6) is 0.291. The van der Waals surface area contributed by atoms with Crippen molar-refractivity contribution in [2.24, 2.45) is 0 Å². The van der Waals surface area contributed by atoms with Gasteiger partial charge in [0.2, 0.25) is 0 Å². The molecule has 1 saturated heterocycles. The molecule has 1 amide bonds. The molecule has 0 aliphatic carbocycles. The molecule has 0 spiro atoms. The molecule has 0 N–H and O–H groups in total. The highest BCUT2D eigenvalue weighted by Gasteiger charge is 2.27. The van der Waals surface area contributed by atoms with Gasteiger partial charge in [-0.1, -0.05) is 32.4 Å². The topological polar surface area (TPSA) is 53.8 Å². The molecular weight excluding hydrogens is 371 g/mol. The maximum Gasteiger partial charge on any atom is 0.349 e. The second kappa shape index (κ2) is 9.35. The molecule has 0 bridgehead atoms. The molecule has 1 unspecified atom stereocenters. The third kappa shape index (κ3) is 5.12. The first-order chi connectivity index (χ1) is 13.9. The van der Waals surface area contributed by atoms with E-state index in [0.717, 1.165) is 18.4 Å². The van der Waals surface area contributed by atoms with E-state index in [0.29, 0.717) is 44.0 Å². The fraction of sp³-hybridized carbons (Fsp3) is 0.478. The highest BCUT2D eigenvalue weighted by Crippen LogP contribution is 2.22. The van der Waals surface area contributed by atoms with Crippen LogP contribution in [0.25, 0.3) is 0 Å². The lowest BCUT2D eigenvalue weighted by Gasteiger charge is -2.34. The van der Waals surface area contributed by atoms with Crippen molar-refractivity contribution in [2.75, 3.05) is 26.2 Å². The number of piperazine rings is 1. The molecule has 0 saturated carbocycles. The summed E-state index contributed by atoms with van der Waals surface area (Å²) in [6.45, 7) is 8.98. The van der Waals surface area contributed by atoms with Crippen molar-refractivity contribution in [3.05, 3.63) is 69.0 Å². The first-order valence-electron chi connectivity index (χ1n) is 10.3. The number of carbonyl (C=O) groups is 1. The van der Waals surface area contributed by atoms with Gasteiger partial charge < -0.3 is 9.32 Å². The Bertz CT molecular complexity index is 917. The van der Waals surface area contributed by atoms with Gasteiger partial charge in [-0.15, -0.1) is 0 Å². The number of benzene rings is 1. The summed E-state index contributed by atoms with van der Waals surface area (Å²) in [6.07, 6.45) is 1.94. The van der Waals surface area contributed by atoms with E-state index in [1.54, 1.807) is 17.9 Å². The van der Waals surface area contributed by atoms with Crippen molar-refractivity contribution in [3.63, 3.8) is 0 Å². The van der Waals surface area contributed by atoms with Crippen LogP contribution in [0.2, 0.25) is 0 Å². The number of hydrogen-bond acceptors (Lipinski definition) is 4. The molecule has 29 heavy (non-hydrogen) atoms. The molecule has 2 heterocycles. The molecule has 2 aromatic rings. The fourth-order valence-corrected chi connectivity index (χ4v) is 3.87. The number of hydrogen-bond donors (Lipinski definition) is 0. The molecular formula is C23H29FN2O3. The van der Waals surface area contributed by atoms with Gasteiger partial charge in [0, 0.05) is 38.6 Å². The molecule has 6 heteroatoms. The van der Waals surface area contributed by atoms with Crippen molar-refractivity contribution in [3.8, 4) is 0 Å². The standard InChI is InChI=1S/C23H29FN2O3/c1-4-6-16(2)20-13-17(3)21(23(28)29-20)22(27)26-11-9-25(10-12-26)15-18-7-5-8-19(24)14-18/h5,7-8,13-14,16H,4,6,9-12,15H2,1-3H3. The highest BCUT2D eigenvalue weighted by molar-refractivity contribution is 5.95. The van der Waals surface area contributed by atoms with Crippen LogP contribution in [0.1, 0.15) is 59.9 Å². The number of nitrogens with zero attached hydrogens (tertiary/aromatic N) is 2. The molecule has 5 nitrogen and oxygen atoms in total. The minimum Gasteiger partial charge on any atom is -0.427 e. The van der Waals surface area contributed by atoms with Crippen LogP contribution in [0.3, 0.4) is 0 Å². The molecule has 0 radical (unpaired) electrons. The summed E-state index contributed by atoms with van der Waals surface area (Å²) in [5, 5.41) is 0. The van der Waals surface area contributed by atoms with E-state index < -0.39 is 5.63 Å². The number of halogens is 1. The van der Waals surface area contributed by atoms with Crippen LogP contribution in [-0.4, -0.2) is 41.9 Å². The minimum atomic E-state index is -0.546. The van der Waals surface area contributed by atoms with Gasteiger partial charge in [-0.3, -0.25) is 9.69 Å². The van der Waals surface area contributed by atoms with Gasteiger partial charge in [-0.2, -0.15) is 0 Å². The van der Waals surface area contributed by atoms with Crippen molar-refractivity contribution >= 4 is 5.91 Å². The zero-order chi connectivity index (χ0) is 21.0. The molecule has 1 aromatic heterocycles. The predicted molar refractivity (Wildman–Crippen MR) is 111 cm³/mol.